The van der Waals surface area contributed by atoms with Crippen molar-refractivity contribution in [1.29, 1.82) is 0 Å². The molecule has 0 aromatic heterocycles. The standard InChI is InChI=1S/C11H18O2S/c1-10(2,3)14-9(13)7-8(12)11(4)5-6-11/h5-7H2,1-4H3. The van der Waals surface area contributed by atoms with Crippen LogP contribution < -0.4 is 0 Å². The number of carbonyl (C=O) groups excluding carboxylic acids is 2. The summed E-state index contributed by atoms with van der Waals surface area (Å²) >= 11 is 1.27. The normalized spacial score (nSPS) is 19.1. The summed E-state index contributed by atoms with van der Waals surface area (Å²) in [4.78, 5) is 23.1. The van der Waals surface area contributed by atoms with Crippen molar-refractivity contribution in [2.45, 2.75) is 51.7 Å². The largest absolute Gasteiger partial charge is 0.299 e. The van der Waals surface area contributed by atoms with Gasteiger partial charge in [0, 0.05) is 10.2 Å². The molecule has 0 N–H and O–H groups in total. The molecule has 0 atom stereocenters. The third kappa shape index (κ3) is 3.45. The Hall–Kier alpha value is -0.310. The first kappa shape index (κ1) is 11.8. The molecule has 0 radical (unpaired) electrons. The maximum atomic E-state index is 11.6. The molecule has 0 unspecified atom stereocenters. The van der Waals surface area contributed by atoms with Crippen molar-refractivity contribution in [2.75, 3.05) is 0 Å². The topological polar surface area (TPSA) is 34.1 Å². The molecule has 0 aliphatic heterocycles. The fourth-order valence-electron chi connectivity index (χ4n) is 1.19. The van der Waals surface area contributed by atoms with Crippen LogP contribution in [-0.2, 0) is 9.59 Å². The quantitative estimate of drug-likeness (QED) is 0.677. The van der Waals surface area contributed by atoms with Gasteiger partial charge >= 0.3 is 0 Å². The zero-order chi connectivity index (χ0) is 11.0. The predicted octanol–water partition coefficient (Wildman–Crippen LogP) is 2.80. The van der Waals surface area contributed by atoms with Gasteiger partial charge < -0.3 is 0 Å². The van der Waals surface area contributed by atoms with Gasteiger partial charge in [0.2, 0.25) is 0 Å². The molecule has 1 aliphatic carbocycles. The molecular weight excluding hydrogens is 196 g/mol. The van der Waals surface area contributed by atoms with Gasteiger partial charge in [-0.2, -0.15) is 0 Å². The smallest absolute Gasteiger partial charge is 0.196 e. The first-order valence-corrected chi connectivity index (χ1v) is 5.80. The van der Waals surface area contributed by atoms with Crippen molar-refractivity contribution in [3.8, 4) is 0 Å². The Kier molecular flexibility index (Phi) is 3.10. The lowest BCUT2D eigenvalue weighted by Gasteiger charge is -2.16. The highest BCUT2D eigenvalue weighted by atomic mass is 32.2. The molecule has 0 aromatic carbocycles. The summed E-state index contributed by atoms with van der Waals surface area (Å²) < 4.78 is -0.0815. The highest BCUT2D eigenvalue weighted by Gasteiger charge is 2.44. The van der Waals surface area contributed by atoms with Gasteiger partial charge in [-0.1, -0.05) is 39.5 Å². The van der Waals surface area contributed by atoms with Crippen LogP contribution in [0.5, 0.6) is 0 Å². The fourth-order valence-corrected chi connectivity index (χ4v) is 2.07. The van der Waals surface area contributed by atoms with E-state index in [9.17, 15) is 9.59 Å². The molecule has 0 saturated heterocycles. The van der Waals surface area contributed by atoms with Gasteiger partial charge in [-0.25, -0.2) is 0 Å². The third-order valence-corrected chi connectivity index (χ3v) is 3.38. The lowest BCUT2D eigenvalue weighted by molar-refractivity contribution is -0.126. The van der Waals surface area contributed by atoms with Crippen LogP contribution in [0, 0.1) is 5.41 Å². The van der Waals surface area contributed by atoms with Gasteiger partial charge in [0.05, 0.1) is 6.42 Å². The SMILES string of the molecule is CC(C)(C)SC(=O)CC(=O)C1(C)CC1. The summed E-state index contributed by atoms with van der Waals surface area (Å²) in [6, 6.07) is 0. The Balaban J connectivity index is 2.38. The van der Waals surface area contributed by atoms with Crippen molar-refractivity contribution in [3.63, 3.8) is 0 Å². The molecule has 80 valence electrons. The lowest BCUT2D eigenvalue weighted by atomic mass is 10.0. The van der Waals surface area contributed by atoms with Gasteiger partial charge in [-0.3, -0.25) is 9.59 Å². The number of hydrogen-bond donors (Lipinski definition) is 0. The summed E-state index contributed by atoms with van der Waals surface area (Å²) in [7, 11) is 0. The number of ketones is 1. The predicted molar refractivity (Wildman–Crippen MR) is 59.3 cm³/mol. The van der Waals surface area contributed by atoms with Gasteiger partial charge in [0.25, 0.3) is 0 Å². The van der Waals surface area contributed by atoms with E-state index in [4.69, 9.17) is 0 Å². The van der Waals surface area contributed by atoms with Crippen molar-refractivity contribution < 1.29 is 9.59 Å². The molecule has 0 heterocycles. The zero-order valence-electron chi connectivity index (χ0n) is 9.35. The molecular formula is C11H18O2S. The van der Waals surface area contributed by atoms with Gasteiger partial charge in [0.15, 0.2) is 5.12 Å². The maximum absolute atomic E-state index is 11.6. The van der Waals surface area contributed by atoms with Crippen molar-refractivity contribution in [3.05, 3.63) is 0 Å². The van der Waals surface area contributed by atoms with E-state index < -0.39 is 0 Å². The summed E-state index contributed by atoms with van der Waals surface area (Å²) in [5.74, 6) is 0.124. The first-order valence-electron chi connectivity index (χ1n) is 4.98. The van der Waals surface area contributed by atoms with Crippen LogP contribution in [0.15, 0.2) is 0 Å². The molecule has 2 nitrogen and oxygen atoms in total. The second kappa shape index (κ2) is 3.69. The summed E-state index contributed by atoms with van der Waals surface area (Å²) in [6.45, 7) is 7.90. The van der Waals surface area contributed by atoms with E-state index in [2.05, 4.69) is 0 Å². The van der Waals surface area contributed by atoms with E-state index in [0.717, 1.165) is 12.8 Å². The van der Waals surface area contributed by atoms with Gasteiger partial charge in [0.1, 0.15) is 5.78 Å². The van der Waals surface area contributed by atoms with Crippen LogP contribution in [0.25, 0.3) is 0 Å². The monoisotopic (exact) mass is 214 g/mol. The molecule has 1 saturated carbocycles. The van der Waals surface area contributed by atoms with Crippen LogP contribution in [0.4, 0.5) is 0 Å². The average Bonchev–Trinajstić information content (AvgIpc) is 2.64. The number of hydrogen-bond acceptors (Lipinski definition) is 3. The average molecular weight is 214 g/mol. The Labute approximate surface area is 89.8 Å². The molecule has 0 amide bonds. The van der Waals surface area contributed by atoms with E-state index in [1.54, 1.807) is 0 Å². The number of thioether (sulfide) groups is 1. The maximum Gasteiger partial charge on any atom is 0.196 e. The number of rotatable bonds is 3. The van der Waals surface area contributed by atoms with Crippen LogP contribution in [-0.4, -0.2) is 15.6 Å². The Morgan fingerprint density at radius 3 is 2.14 bits per heavy atom. The van der Waals surface area contributed by atoms with E-state index in [0.29, 0.717) is 0 Å². The second-order valence-corrected chi connectivity index (χ2v) is 7.13. The molecule has 0 bridgehead atoms. The van der Waals surface area contributed by atoms with E-state index >= 15 is 0 Å². The lowest BCUT2D eigenvalue weighted by Crippen LogP contribution is -2.18. The Bertz CT molecular complexity index is 259. The second-order valence-electron chi connectivity index (χ2n) is 5.25. The van der Waals surface area contributed by atoms with Crippen LogP contribution in [0.1, 0.15) is 47.0 Å². The Morgan fingerprint density at radius 1 is 1.29 bits per heavy atom. The highest BCUT2D eigenvalue weighted by molar-refractivity contribution is 8.14. The van der Waals surface area contributed by atoms with Crippen molar-refractivity contribution in [1.82, 2.24) is 0 Å². The van der Waals surface area contributed by atoms with Crippen molar-refractivity contribution >= 4 is 22.7 Å². The minimum absolute atomic E-state index is 0.00984. The molecule has 1 rings (SSSR count). The fraction of sp³-hybridized carbons (Fsp3) is 0.818. The summed E-state index contributed by atoms with van der Waals surface area (Å²) in [5, 5.41) is 0.00984. The highest BCUT2D eigenvalue weighted by Crippen LogP contribution is 2.47. The molecule has 3 heteroatoms. The number of carbonyl (C=O) groups is 2. The third-order valence-electron chi connectivity index (χ3n) is 2.40. The first-order chi connectivity index (χ1) is 6.23. The molecule has 0 aromatic rings. The Morgan fingerprint density at radius 2 is 1.79 bits per heavy atom. The van der Waals surface area contributed by atoms with Gasteiger partial charge in [-0.05, 0) is 12.8 Å². The van der Waals surface area contributed by atoms with Crippen molar-refractivity contribution in [2.24, 2.45) is 5.41 Å². The molecule has 14 heavy (non-hydrogen) atoms. The minimum atomic E-state index is -0.159. The minimum Gasteiger partial charge on any atom is -0.299 e. The van der Waals surface area contributed by atoms with E-state index in [1.807, 2.05) is 27.7 Å². The van der Waals surface area contributed by atoms with Crippen LogP contribution in [0.3, 0.4) is 0 Å². The summed E-state index contributed by atoms with van der Waals surface area (Å²) in [5.41, 5.74) is -0.159. The number of Topliss-reactive ketones (excluding diaryl/α,β-unsaturated/α-hetero) is 1. The van der Waals surface area contributed by atoms with Crippen LogP contribution in [0.2, 0.25) is 0 Å². The van der Waals surface area contributed by atoms with Gasteiger partial charge in [-0.15, -0.1) is 0 Å². The van der Waals surface area contributed by atoms with Crippen LogP contribution >= 0.6 is 11.8 Å². The van der Waals surface area contributed by atoms with E-state index in [-0.39, 0.29) is 27.5 Å². The zero-order valence-corrected chi connectivity index (χ0v) is 10.2. The van der Waals surface area contributed by atoms with E-state index in [1.165, 1.54) is 11.8 Å². The molecule has 0 spiro atoms. The molecule has 1 fully saturated rings. The summed E-state index contributed by atoms with van der Waals surface area (Å²) in [6.07, 6.45) is 2.02. The molecule has 1 aliphatic rings.